The van der Waals surface area contributed by atoms with E-state index in [0.29, 0.717) is 6.54 Å². The van der Waals surface area contributed by atoms with Crippen molar-refractivity contribution in [3.63, 3.8) is 0 Å². The normalized spacial score (nSPS) is 22.6. The molecule has 2 aromatic rings. The molecular weight excluding hydrogens is 342 g/mol. The van der Waals surface area contributed by atoms with E-state index in [1.165, 1.54) is 22.9 Å². The number of fused-ring (bicyclic) bond motifs is 1. The van der Waals surface area contributed by atoms with Gasteiger partial charge in [-0.05, 0) is 61.6 Å². The standard InChI is InChI=1S/C19H20F2N2OS/c20-14-5-4-11(8-15(14)21)13-6-7-22-10-16(13)23-19(24)18-9-12-2-1-3-17(12)25-18/h4-5,8-9,13,16,22H,1-3,6-7,10H2,(H,23,24). The molecule has 1 aromatic carbocycles. The van der Waals surface area contributed by atoms with Crippen LogP contribution in [-0.2, 0) is 12.8 Å². The summed E-state index contributed by atoms with van der Waals surface area (Å²) in [5.41, 5.74) is 2.04. The molecule has 1 saturated heterocycles. The van der Waals surface area contributed by atoms with Crippen LogP contribution in [0.5, 0.6) is 0 Å². The lowest BCUT2D eigenvalue weighted by atomic mass is 9.86. The van der Waals surface area contributed by atoms with Gasteiger partial charge in [0.05, 0.1) is 4.88 Å². The second-order valence-electron chi connectivity index (χ2n) is 6.77. The molecule has 2 unspecified atom stereocenters. The van der Waals surface area contributed by atoms with Gasteiger partial charge in [-0.3, -0.25) is 4.79 Å². The number of nitrogens with one attached hydrogen (secondary N) is 2. The highest BCUT2D eigenvalue weighted by Crippen LogP contribution is 2.31. The molecule has 4 rings (SSSR count). The first-order valence-corrected chi connectivity index (χ1v) is 9.51. The van der Waals surface area contributed by atoms with Gasteiger partial charge in [0.1, 0.15) is 0 Å². The fourth-order valence-electron chi connectivity index (χ4n) is 3.83. The van der Waals surface area contributed by atoms with Crippen molar-refractivity contribution in [1.29, 1.82) is 0 Å². The third kappa shape index (κ3) is 3.33. The van der Waals surface area contributed by atoms with Crippen molar-refractivity contribution < 1.29 is 13.6 Å². The fourth-order valence-corrected chi connectivity index (χ4v) is 4.99. The minimum Gasteiger partial charge on any atom is -0.347 e. The zero-order valence-corrected chi connectivity index (χ0v) is 14.6. The summed E-state index contributed by atoms with van der Waals surface area (Å²) in [4.78, 5) is 14.7. The smallest absolute Gasteiger partial charge is 0.261 e. The Morgan fingerprint density at radius 2 is 2.08 bits per heavy atom. The van der Waals surface area contributed by atoms with Crippen LogP contribution in [0, 0.1) is 11.6 Å². The molecule has 3 nitrogen and oxygen atoms in total. The molecule has 2 N–H and O–H groups in total. The number of amides is 1. The van der Waals surface area contributed by atoms with E-state index in [4.69, 9.17) is 0 Å². The molecule has 1 aliphatic heterocycles. The van der Waals surface area contributed by atoms with Crippen LogP contribution in [0.3, 0.4) is 0 Å². The first-order chi connectivity index (χ1) is 12.1. The van der Waals surface area contributed by atoms with Gasteiger partial charge in [-0.2, -0.15) is 0 Å². The number of hydrogen-bond acceptors (Lipinski definition) is 3. The predicted molar refractivity (Wildman–Crippen MR) is 94.2 cm³/mol. The second kappa shape index (κ2) is 6.84. The van der Waals surface area contributed by atoms with E-state index in [1.807, 2.05) is 6.07 Å². The largest absolute Gasteiger partial charge is 0.347 e. The van der Waals surface area contributed by atoms with Crippen molar-refractivity contribution in [3.8, 4) is 0 Å². The van der Waals surface area contributed by atoms with Gasteiger partial charge >= 0.3 is 0 Å². The average Bonchev–Trinajstić information content (AvgIpc) is 3.20. The Morgan fingerprint density at radius 1 is 1.20 bits per heavy atom. The van der Waals surface area contributed by atoms with E-state index in [-0.39, 0.29) is 17.9 Å². The summed E-state index contributed by atoms with van der Waals surface area (Å²) in [6.45, 7) is 1.42. The summed E-state index contributed by atoms with van der Waals surface area (Å²) in [6.07, 6.45) is 4.07. The highest BCUT2D eigenvalue weighted by molar-refractivity contribution is 7.14. The number of carbonyl (C=O) groups is 1. The van der Waals surface area contributed by atoms with Gasteiger partial charge in [0, 0.05) is 23.4 Å². The van der Waals surface area contributed by atoms with Crippen molar-refractivity contribution >= 4 is 17.2 Å². The number of carbonyl (C=O) groups excluding carboxylic acids is 1. The van der Waals surface area contributed by atoms with Crippen LogP contribution in [0.2, 0.25) is 0 Å². The van der Waals surface area contributed by atoms with E-state index in [1.54, 1.807) is 17.4 Å². The number of thiophene rings is 1. The molecule has 6 heteroatoms. The molecule has 2 aliphatic rings. The Kier molecular flexibility index (Phi) is 4.56. The number of hydrogen-bond donors (Lipinski definition) is 2. The molecule has 1 aliphatic carbocycles. The number of halogens is 2. The maximum absolute atomic E-state index is 13.6. The summed E-state index contributed by atoms with van der Waals surface area (Å²) in [5, 5.41) is 6.38. The van der Waals surface area contributed by atoms with Crippen molar-refractivity contribution in [1.82, 2.24) is 10.6 Å². The van der Waals surface area contributed by atoms with Crippen LogP contribution in [0.15, 0.2) is 24.3 Å². The average molecular weight is 362 g/mol. The minimum absolute atomic E-state index is 0.0212. The van der Waals surface area contributed by atoms with Gasteiger partial charge in [-0.1, -0.05) is 6.07 Å². The molecule has 1 fully saturated rings. The van der Waals surface area contributed by atoms with Crippen molar-refractivity contribution in [2.45, 2.75) is 37.6 Å². The van der Waals surface area contributed by atoms with Crippen LogP contribution in [-0.4, -0.2) is 25.0 Å². The highest BCUT2D eigenvalue weighted by atomic mass is 32.1. The van der Waals surface area contributed by atoms with Gasteiger partial charge in [0.15, 0.2) is 11.6 Å². The first kappa shape index (κ1) is 16.7. The fraction of sp³-hybridized carbons (Fsp3) is 0.421. The molecule has 1 aromatic heterocycles. The molecular formula is C19H20F2N2OS. The van der Waals surface area contributed by atoms with E-state index in [0.717, 1.165) is 42.3 Å². The molecule has 0 radical (unpaired) electrons. The van der Waals surface area contributed by atoms with Crippen LogP contribution in [0.1, 0.15) is 44.4 Å². The quantitative estimate of drug-likeness (QED) is 0.879. The number of aryl methyl sites for hydroxylation is 2. The molecule has 2 atom stereocenters. The number of rotatable bonds is 3. The topological polar surface area (TPSA) is 41.1 Å². The number of piperidine rings is 1. The highest BCUT2D eigenvalue weighted by Gasteiger charge is 2.29. The van der Waals surface area contributed by atoms with E-state index < -0.39 is 11.6 Å². The SMILES string of the molecule is O=C(NC1CNCCC1c1ccc(F)c(F)c1)c1cc2c(s1)CCC2. The molecule has 25 heavy (non-hydrogen) atoms. The predicted octanol–water partition coefficient (Wildman–Crippen LogP) is 3.39. The molecule has 0 spiro atoms. The summed E-state index contributed by atoms with van der Waals surface area (Å²) < 4.78 is 26.8. The van der Waals surface area contributed by atoms with E-state index >= 15 is 0 Å². The monoisotopic (exact) mass is 362 g/mol. The van der Waals surface area contributed by atoms with Gasteiger partial charge in [-0.15, -0.1) is 11.3 Å². The molecule has 132 valence electrons. The van der Waals surface area contributed by atoms with E-state index in [2.05, 4.69) is 10.6 Å². The Balaban J connectivity index is 1.52. The zero-order valence-electron chi connectivity index (χ0n) is 13.8. The van der Waals surface area contributed by atoms with Gasteiger partial charge in [-0.25, -0.2) is 8.78 Å². The third-order valence-electron chi connectivity index (χ3n) is 5.14. The lowest BCUT2D eigenvalue weighted by Gasteiger charge is -2.33. The van der Waals surface area contributed by atoms with Gasteiger partial charge in [0.25, 0.3) is 5.91 Å². The van der Waals surface area contributed by atoms with Crippen LogP contribution in [0.25, 0.3) is 0 Å². The lowest BCUT2D eigenvalue weighted by Crippen LogP contribution is -2.49. The van der Waals surface area contributed by atoms with Gasteiger partial charge < -0.3 is 10.6 Å². The Hall–Kier alpha value is -1.79. The maximum Gasteiger partial charge on any atom is 0.261 e. The Morgan fingerprint density at radius 3 is 2.88 bits per heavy atom. The van der Waals surface area contributed by atoms with Crippen LogP contribution >= 0.6 is 11.3 Å². The molecule has 0 bridgehead atoms. The third-order valence-corrected chi connectivity index (χ3v) is 6.38. The van der Waals surface area contributed by atoms with E-state index in [9.17, 15) is 13.6 Å². The summed E-state index contributed by atoms with van der Waals surface area (Å²) in [5.74, 6) is -1.77. The Labute approximate surface area is 149 Å². The zero-order chi connectivity index (χ0) is 17.4. The first-order valence-electron chi connectivity index (χ1n) is 8.70. The lowest BCUT2D eigenvalue weighted by molar-refractivity contribution is 0.0928. The van der Waals surface area contributed by atoms with Crippen LogP contribution < -0.4 is 10.6 Å². The molecule has 2 heterocycles. The summed E-state index contributed by atoms with van der Waals surface area (Å²) in [7, 11) is 0. The van der Waals surface area contributed by atoms with Crippen LogP contribution in [0.4, 0.5) is 8.78 Å². The second-order valence-corrected chi connectivity index (χ2v) is 7.90. The summed E-state index contributed by atoms with van der Waals surface area (Å²) >= 11 is 1.58. The Bertz CT molecular complexity index is 783. The molecule has 0 saturated carbocycles. The van der Waals surface area contributed by atoms with Crippen molar-refractivity contribution in [2.24, 2.45) is 0 Å². The summed E-state index contributed by atoms with van der Waals surface area (Å²) in [6, 6.07) is 5.90. The van der Waals surface area contributed by atoms with Crippen molar-refractivity contribution in [2.75, 3.05) is 13.1 Å². The molecule has 1 amide bonds. The van der Waals surface area contributed by atoms with Gasteiger partial charge in [0.2, 0.25) is 0 Å². The number of benzene rings is 1. The minimum atomic E-state index is -0.841. The van der Waals surface area contributed by atoms with Crippen molar-refractivity contribution in [3.05, 3.63) is 56.8 Å². The maximum atomic E-state index is 13.6.